The second-order valence-corrected chi connectivity index (χ2v) is 3.02. The predicted octanol–water partition coefficient (Wildman–Crippen LogP) is 0.586. The molecular formula is C8H13NO2. The van der Waals surface area contributed by atoms with Crippen molar-refractivity contribution < 1.29 is 9.59 Å². The molecule has 0 radical (unpaired) electrons. The van der Waals surface area contributed by atoms with Crippen LogP contribution in [0.1, 0.15) is 26.2 Å². The highest BCUT2D eigenvalue weighted by molar-refractivity contribution is 5.88. The molecule has 0 aliphatic carbocycles. The van der Waals surface area contributed by atoms with Crippen LogP contribution in [0.5, 0.6) is 0 Å². The molecule has 0 N–H and O–H groups in total. The van der Waals surface area contributed by atoms with E-state index in [-0.39, 0.29) is 17.7 Å². The first-order chi connectivity index (χ1) is 5.13. The molecule has 1 amide bonds. The SMILES string of the molecule is CC(=O)[C@@H]1CCCC(=O)N1C. The van der Waals surface area contributed by atoms with Gasteiger partial charge in [0.05, 0.1) is 6.04 Å². The molecule has 1 aliphatic rings. The van der Waals surface area contributed by atoms with Gasteiger partial charge in [-0.05, 0) is 19.8 Å². The Bertz CT molecular complexity index is 189. The van der Waals surface area contributed by atoms with Crippen molar-refractivity contribution in [1.29, 1.82) is 0 Å². The maximum absolute atomic E-state index is 11.1. The Morgan fingerprint density at radius 1 is 1.64 bits per heavy atom. The number of likely N-dealkylation sites (tertiary alicyclic amines) is 1. The summed E-state index contributed by atoms with van der Waals surface area (Å²) in [6, 6.07) is -0.156. The van der Waals surface area contributed by atoms with E-state index in [0.717, 1.165) is 12.8 Å². The molecule has 1 heterocycles. The van der Waals surface area contributed by atoms with Crippen LogP contribution in [0, 0.1) is 0 Å². The molecule has 3 nitrogen and oxygen atoms in total. The van der Waals surface area contributed by atoms with Crippen molar-refractivity contribution in [2.24, 2.45) is 0 Å². The highest BCUT2D eigenvalue weighted by Gasteiger charge is 2.27. The van der Waals surface area contributed by atoms with Crippen LogP contribution in [0.3, 0.4) is 0 Å². The monoisotopic (exact) mass is 155 g/mol. The molecule has 1 fully saturated rings. The number of Topliss-reactive ketones (excluding diaryl/α,β-unsaturated/α-hetero) is 1. The van der Waals surface area contributed by atoms with Gasteiger partial charge in [-0.3, -0.25) is 9.59 Å². The first-order valence-corrected chi connectivity index (χ1v) is 3.89. The third-order valence-corrected chi connectivity index (χ3v) is 2.20. The van der Waals surface area contributed by atoms with Crippen molar-refractivity contribution in [1.82, 2.24) is 4.90 Å². The lowest BCUT2D eigenvalue weighted by Gasteiger charge is -2.30. The third kappa shape index (κ3) is 1.59. The van der Waals surface area contributed by atoms with Crippen molar-refractivity contribution in [3.63, 3.8) is 0 Å². The second kappa shape index (κ2) is 3.03. The number of nitrogens with zero attached hydrogens (tertiary/aromatic N) is 1. The van der Waals surface area contributed by atoms with Gasteiger partial charge in [0.25, 0.3) is 0 Å². The summed E-state index contributed by atoms with van der Waals surface area (Å²) >= 11 is 0. The van der Waals surface area contributed by atoms with E-state index >= 15 is 0 Å². The lowest BCUT2D eigenvalue weighted by Crippen LogP contribution is -2.44. The van der Waals surface area contributed by atoms with Crippen LogP contribution < -0.4 is 0 Å². The second-order valence-electron chi connectivity index (χ2n) is 3.02. The Morgan fingerprint density at radius 2 is 2.27 bits per heavy atom. The van der Waals surface area contributed by atoms with Crippen molar-refractivity contribution in [3.8, 4) is 0 Å². The summed E-state index contributed by atoms with van der Waals surface area (Å²) in [5.74, 6) is 0.192. The van der Waals surface area contributed by atoms with E-state index in [4.69, 9.17) is 0 Å². The smallest absolute Gasteiger partial charge is 0.222 e. The van der Waals surface area contributed by atoms with Crippen molar-refractivity contribution >= 4 is 11.7 Å². The molecular weight excluding hydrogens is 142 g/mol. The minimum atomic E-state index is -0.156. The molecule has 1 atom stereocenters. The van der Waals surface area contributed by atoms with Gasteiger partial charge >= 0.3 is 0 Å². The molecule has 0 spiro atoms. The zero-order chi connectivity index (χ0) is 8.43. The Kier molecular flexibility index (Phi) is 2.27. The number of piperidine rings is 1. The van der Waals surface area contributed by atoms with Crippen LogP contribution in [0.15, 0.2) is 0 Å². The van der Waals surface area contributed by atoms with Gasteiger partial charge in [-0.15, -0.1) is 0 Å². The number of hydrogen-bond donors (Lipinski definition) is 0. The van der Waals surface area contributed by atoms with E-state index in [2.05, 4.69) is 0 Å². The summed E-state index contributed by atoms with van der Waals surface area (Å²) in [7, 11) is 1.70. The maximum Gasteiger partial charge on any atom is 0.222 e. The number of rotatable bonds is 1. The molecule has 0 aromatic heterocycles. The first-order valence-electron chi connectivity index (χ1n) is 3.89. The Hall–Kier alpha value is -0.860. The lowest BCUT2D eigenvalue weighted by atomic mass is 10.00. The normalized spacial score (nSPS) is 25.5. The number of likely N-dealkylation sites (N-methyl/N-ethyl adjacent to an activating group) is 1. The molecule has 1 rings (SSSR count). The first kappa shape index (κ1) is 8.24. The number of ketones is 1. The number of carbonyl (C=O) groups excluding carboxylic acids is 2. The van der Waals surface area contributed by atoms with Crippen LogP contribution in [0.25, 0.3) is 0 Å². The molecule has 1 aliphatic heterocycles. The van der Waals surface area contributed by atoms with Gasteiger partial charge in [0.2, 0.25) is 5.91 Å². The minimum Gasteiger partial charge on any atom is -0.336 e. The van der Waals surface area contributed by atoms with E-state index in [9.17, 15) is 9.59 Å². The molecule has 11 heavy (non-hydrogen) atoms. The average molecular weight is 155 g/mol. The van der Waals surface area contributed by atoms with E-state index in [1.165, 1.54) is 0 Å². The van der Waals surface area contributed by atoms with Gasteiger partial charge in [-0.2, -0.15) is 0 Å². The standard InChI is InChI=1S/C8H13NO2/c1-6(10)7-4-3-5-8(11)9(7)2/h7H,3-5H2,1-2H3/t7-/m0/s1. The molecule has 0 saturated carbocycles. The van der Waals surface area contributed by atoms with Gasteiger partial charge in [0.1, 0.15) is 0 Å². The molecule has 0 aromatic carbocycles. The zero-order valence-corrected chi connectivity index (χ0v) is 6.96. The number of hydrogen-bond acceptors (Lipinski definition) is 2. The van der Waals surface area contributed by atoms with Gasteiger partial charge in [-0.1, -0.05) is 0 Å². The fourth-order valence-corrected chi connectivity index (χ4v) is 1.47. The highest BCUT2D eigenvalue weighted by Crippen LogP contribution is 2.16. The molecule has 62 valence electrons. The van der Waals surface area contributed by atoms with Crippen molar-refractivity contribution in [2.45, 2.75) is 32.2 Å². The highest BCUT2D eigenvalue weighted by atomic mass is 16.2. The number of amides is 1. The summed E-state index contributed by atoms with van der Waals surface area (Å²) in [6.07, 6.45) is 2.28. The van der Waals surface area contributed by atoms with Gasteiger partial charge in [0, 0.05) is 13.5 Å². The van der Waals surface area contributed by atoms with Gasteiger partial charge in [0.15, 0.2) is 5.78 Å². The molecule has 0 aromatic rings. The average Bonchev–Trinajstić information content (AvgIpc) is 1.94. The van der Waals surface area contributed by atoms with Crippen LogP contribution in [-0.4, -0.2) is 29.7 Å². The van der Waals surface area contributed by atoms with Crippen LogP contribution >= 0.6 is 0 Å². The summed E-state index contributed by atoms with van der Waals surface area (Å²) in [4.78, 5) is 23.6. The summed E-state index contributed by atoms with van der Waals surface area (Å²) in [6.45, 7) is 1.54. The van der Waals surface area contributed by atoms with Crippen LogP contribution in [-0.2, 0) is 9.59 Å². The Labute approximate surface area is 66.4 Å². The zero-order valence-electron chi connectivity index (χ0n) is 6.96. The van der Waals surface area contributed by atoms with Crippen LogP contribution in [0.2, 0.25) is 0 Å². The fraction of sp³-hybridized carbons (Fsp3) is 0.750. The third-order valence-electron chi connectivity index (χ3n) is 2.20. The Balaban J connectivity index is 2.65. The molecule has 0 unspecified atom stereocenters. The van der Waals surface area contributed by atoms with E-state index in [1.807, 2.05) is 0 Å². The van der Waals surface area contributed by atoms with Crippen molar-refractivity contribution in [2.75, 3.05) is 7.05 Å². The topological polar surface area (TPSA) is 37.4 Å². The van der Waals surface area contributed by atoms with Gasteiger partial charge in [-0.25, -0.2) is 0 Å². The quantitative estimate of drug-likeness (QED) is 0.555. The number of carbonyl (C=O) groups is 2. The van der Waals surface area contributed by atoms with E-state index < -0.39 is 0 Å². The predicted molar refractivity (Wildman–Crippen MR) is 41.1 cm³/mol. The van der Waals surface area contributed by atoms with Crippen molar-refractivity contribution in [3.05, 3.63) is 0 Å². The summed E-state index contributed by atoms with van der Waals surface area (Å²) in [5, 5.41) is 0. The summed E-state index contributed by atoms with van der Waals surface area (Å²) < 4.78 is 0. The Morgan fingerprint density at radius 3 is 2.73 bits per heavy atom. The fourth-order valence-electron chi connectivity index (χ4n) is 1.47. The lowest BCUT2D eigenvalue weighted by molar-refractivity contribution is -0.140. The molecule has 3 heteroatoms. The molecule has 1 saturated heterocycles. The maximum atomic E-state index is 11.1. The largest absolute Gasteiger partial charge is 0.336 e. The molecule has 0 bridgehead atoms. The summed E-state index contributed by atoms with van der Waals surface area (Å²) in [5.41, 5.74) is 0. The van der Waals surface area contributed by atoms with E-state index in [0.29, 0.717) is 6.42 Å². The van der Waals surface area contributed by atoms with E-state index in [1.54, 1.807) is 18.9 Å². The van der Waals surface area contributed by atoms with Gasteiger partial charge < -0.3 is 4.90 Å². The minimum absolute atomic E-state index is 0.0939. The van der Waals surface area contributed by atoms with Crippen LogP contribution in [0.4, 0.5) is 0 Å².